The largest absolute Gasteiger partial charge is 0.338 e. The van der Waals surface area contributed by atoms with Crippen molar-refractivity contribution in [3.05, 3.63) is 22.4 Å². The van der Waals surface area contributed by atoms with Gasteiger partial charge in [0.15, 0.2) is 0 Å². The van der Waals surface area contributed by atoms with Crippen LogP contribution in [0.25, 0.3) is 0 Å². The second-order valence-electron chi connectivity index (χ2n) is 3.38. The number of hydrogen-bond acceptors (Lipinski definition) is 2. The van der Waals surface area contributed by atoms with Crippen molar-refractivity contribution in [1.82, 2.24) is 4.90 Å². The molecule has 0 fully saturated rings. The summed E-state index contributed by atoms with van der Waals surface area (Å²) in [5.41, 5.74) is 0. The highest BCUT2D eigenvalue weighted by molar-refractivity contribution is 7.09. The third-order valence-electron chi connectivity index (χ3n) is 2.27. The molecule has 0 saturated carbocycles. The molecule has 0 radical (unpaired) electrons. The molecule has 0 aliphatic rings. The molecule has 0 spiro atoms. The molecule has 0 aliphatic carbocycles. The van der Waals surface area contributed by atoms with Crippen LogP contribution in [0.3, 0.4) is 0 Å². The van der Waals surface area contributed by atoms with Gasteiger partial charge in [0.2, 0.25) is 0 Å². The number of halogens is 2. The molecule has 0 bridgehead atoms. The van der Waals surface area contributed by atoms with Crippen molar-refractivity contribution < 1.29 is 13.6 Å². The minimum atomic E-state index is -2.92. The zero-order valence-electron chi connectivity index (χ0n) is 8.61. The van der Waals surface area contributed by atoms with E-state index in [0.717, 1.165) is 9.78 Å². The smallest absolute Gasteiger partial charge is 0.315 e. The fourth-order valence-electron chi connectivity index (χ4n) is 1.23. The fourth-order valence-corrected chi connectivity index (χ4v) is 2.05. The van der Waals surface area contributed by atoms with Crippen LogP contribution in [0.2, 0.25) is 0 Å². The molecule has 1 unspecified atom stereocenters. The van der Waals surface area contributed by atoms with Crippen molar-refractivity contribution in [3.8, 4) is 0 Å². The van der Waals surface area contributed by atoms with Gasteiger partial charge >= 0.3 is 6.43 Å². The Morgan fingerprint density at radius 2 is 2.27 bits per heavy atom. The molecule has 1 rings (SSSR count). The molecule has 0 aromatic carbocycles. The lowest BCUT2D eigenvalue weighted by Crippen LogP contribution is -2.39. The standard InChI is InChI=1S/C10H13F2NOS/c1-7(6-8-4-3-5-15-8)13(2)10(14)9(11)12/h3-5,7,9H,6H2,1-2H3. The zero-order chi connectivity index (χ0) is 11.4. The third kappa shape index (κ3) is 3.27. The highest BCUT2D eigenvalue weighted by Gasteiger charge is 2.24. The molecule has 5 heteroatoms. The fraction of sp³-hybridized carbons (Fsp3) is 0.500. The number of thiophene rings is 1. The molecule has 1 heterocycles. The van der Waals surface area contributed by atoms with Crippen molar-refractivity contribution >= 4 is 17.2 Å². The van der Waals surface area contributed by atoms with Gasteiger partial charge in [-0.05, 0) is 18.4 Å². The van der Waals surface area contributed by atoms with Gasteiger partial charge in [0.1, 0.15) is 0 Å². The Morgan fingerprint density at radius 1 is 1.60 bits per heavy atom. The highest BCUT2D eigenvalue weighted by atomic mass is 32.1. The highest BCUT2D eigenvalue weighted by Crippen LogP contribution is 2.14. The average Bonchev–Trinajstić information content (AvgIpc) is 2.67. The average molecular weight is 233 g/mol. The van der Waals surface area contributed by atoms with E-state index < -0.39 is 12.3 Å². The van der Waals surface area contributed by atoms with Crippen LogP contribution >= 0.6 is 11.3 Å². The van der Waals surface area contributed by atoms with Gasteiger partial charge in [-0.1, -0.05) is 6.07 Å². The summed E-state index contributed by atoms with van der Waals surface area (Å²) in [5, 5.41) is 1.93. The van der Waals surface area contributed by atoms with Crippen LogP contribution in [-0.2, 0) is 11.2 Å². The number of nitrogens with zero attached hydrogens (tertiary/aromatic N) is 1. The minimum Gasteiger partial charge on any atom is -0.338 e. The Hall–Kier alpha value is -0.970. The Bertz CT molecular complexity index is 313. The maximum absolute atomic E-state index is 12.1. The number of amides is 1. The molecule has 1 atom stereocenters. The van der Waals surface area contributed by atoms with E-state index in [9.17, 15) is 13.6 Å². The van der Waals surface area contributed by atoms with E-state index in [1.165, 1.54) is 7.05 Å². The first-order valence-electron chi connectivity index (χ1n) is 4.59. The van der Waals surface area contributed by atoms with Crippen LogP contribution in [-0.4, -0.2) is 30.3 Å². The number of rotatable bonds is 4. The van der Waals surface area contributed by atoms with Crippen molar-refractivity contribution in [2.75, 3.05) is 7.05 Å². The van der Waals surface area contributed by atoms with Gasteiger partial charge in [-0.25, -0.2) is 0 Å². The maximum Gasteiger partial charge on any atom is 0.315 e. The van der Waals surface area contributed by atoms with Gasteiger partial charge in [-0.15, -0.1) is 11.3 Å². The molecule has 0 aliphatic heterocycles. The summed E-state index contributed by atoms with van der Waals surface area (Å²) < 4.78 is 24.3. The number of carbonyl (C=O) groups excluding carboxylic acids is 1. The summed E-state index contributed by atoms with van der Waals surface area (Å²) in [5.74, 6) is -1.11. The van der Waals surface area contributed by atoms with E-state index in [1.54, 1.807) is 18.3 Å². The predicted molar refractivity (Wildman–Crippen MR) is 56.3 cm³/mol. The molecular formula is C10H13F2NOS. The second-order valence-corrected chi connectivity index (χ2v) is 4.41. The summed E-state index contributed by atoms with van der Waals surface area (Å²) in [6.45, 7) is 1.76. The van der Waals surface area contributed by atoms with Gasteiger partial charge in [-0.3, -0.25) is 4.79 Å². The quantitative estimate of drug-likeness (QED) is 0.782. The molecule has 1 aromatic rings. The molecule has 1 aromatic heterocycles. The molecule has 0 N–H and O–H groups in total. The molecule has 1 amide bonds. The van der Waals surface area contributed by atoms with E-state index in [1.807, 2.05) is 17.5 Å². The Balaban J connectivity index is 2.53. The molecule has 0 saturated heterocycles. The van der Waals surface area contributed by atoms with Crippen LogP contribution < -0.4 is 0 Å². The number of alkyl halides is 2. The lowest BCUT2D eigenvalue weighted by atomic mass is 10.2. The first-order chi connectivity index (χ1) is 7.02. The maximum atomic E-state index is 12.1. The van der Waals surface area contributed by atoms with E-state index in [2.05, 4.69) is 0 Å². The SMILES string of the molecule is CC(Cc1cccs1)N(C)C(=O)C(F)F. The number of hydrogen-bond donors (Lipinski definition) is 0. The van der Waals surface area contributed by atoms with Crippen molar-refractivity contribution in [2.45, 2.75) is 25.8 Å². The van der Waals surface area contributed by atoms with Crippen molar-refractivity contribution in [1.29, 1.82) is 0 Å². The van der Waals surface area contributed by atoms with Gasteiger partial charge < -0.3 is 4.90 Å². The minimum absolute atomic E-state index is 0.204. The van der Waals surface area contributed by atoms with Gasteiger partial charge in [0.25, 0.3) is 5.91 Å². The molecular weight excluding hydrogens is 220 g/mol. The van der Waals surface area contributed by atoms with Gasteiger partial charge in [-0.2, -0.15) is 8.78 Å². The van der Waals surface area contributed by atoms with Crippen LogP contribution in [0, 0.1) is 0 Å². The van der Waals surface area contributed by atoms with Gasteiger partial charge in [0, 0.05) is 24.4 Å². The Kier molecular flexibility index (Phi) is 4.20. The summed E-state index contributed by atoms with van der Waals surface area (Å²) in [6.07, 6.45) is -2.30. The first-order valence-corrected chi connectivity index (χ1v) is 5.47. The summed E-state index contributed by atoms with van der Waals surface area (Å²) in [6, 6.07) is 3.63. The van der Waals surface area contributed by atoms with Crippen LogP contribution in [0.5, 0.6) is 0 Å². The van der Waals surface area contributed by atoms with Crippen LogP contribution in [0.15, 0.2) is 17.5 Å². The van der Waals surface area contributed by atoms with E-state index in [4.69, 9.17) is 0 Å². The summed E-state index contributed by atoms with van der Waals surface area (Å²) >= 11 is 1.56. The molecule has 84 valence electrons. The second kappa shape index (κ2) is 5.21. The Labute approximate surface area is 91.5 Å². The van der Waals surface area contributed by atoms with E-state index in [-0.39, 0.29) is 6.04 Å². The summed E-state index contributed by atoms with van der Waals surface area (Å²) in [4.78, 5) is 13.2. The van der Waals surface area contributed by atoms with Crippen molar-refractivity contribution in [3.63, 3.8) is 0 Å². The van der Waals surface area contributed by atoms with Crippen LogP contribution in [0.1, 0.15) is 11.8 Å². The lowest BCUT2D eigenvalue weighted by Gasteiger charge is -2.24. The van der Waals surface area contributed by atoms with Crippen molar-refractivity contribution in [2.24, 2.45) is 0 Å². The molecule has 15 heavy (non-hydrogen) atoms. The molecule has 2 nitrogen and oxygen atoms in total. The van der Waals surface area contributed by atoms with Crippen LogP contribution in [0.4, 0.5) is 8.78 Å². The lowest BCUT2D eigenvalue weighted by molar-refractivity contribution is -0.143. The van der Waals surface area contributed by atoms with E-state index in [0.29, 0.717) is 6.42 Å². The zero-order valence-corrected chi connectivity index (χ0v) is 9.43. The summed E-state index contributed by atoms with van der Waals surface area (Å²) in [7, 11) is 1.41. The third-order valence-corrected chi connectivity index (χ3v) is 3.17. The van der Waals surface area contributed by atoms with E-state index >= 15 is 0 Å². The van der Waals surface area contributed by atoms with Gasteiger partial charge in [0.05, 0.1) is 0 Å². The predicted octanol–water partition coefficient (Wildman–Crippen LogP) is 2.40. The number of likely N-dealkylation sites (N-methyl/N-ethyl adjacent to an activating group) is 1. The first kappa shape index (κ1) is 12.1. The monoisotopic (exact) mass is 233 g/mol. The topological polar surface area (TPSA) is 20.3 Å². The normalized spacial score (nSPS) is 12.9. The Morgan fingerprint density at radius 3 is 2.73 bits per heavy atom. The number of carbonyl (C=O) groups is 1.